The molecule has 2 N–H and O–H groups in total. The number of hydrogen-bond acceptors (Lipinski definition) is 6. The second kappa shape index (κ2) is 11.7. The third-order valence-corrected chi connectivity index (χ3v) is 5.54. The summed E-state index contributed by atoms with van der Waals surface area (Å²) in [6.07, 6.45) is -2.20. The molecule has 7 nitrogen and oxygen atoms in total. The lowest BCUT2D eigenvalue weighted by atomic mass is 9.95. The molecule has 3 rings (SSSR count). The first-order valence-corrected chi connectivity index (χ1v) is 11.3. The molecule has 0 saturated carbocycles. The lowest BCUT2D eigenvalue weighted by Gasteiger charge is -2.45. The number of aliphatic hydroxyl groups is 1. The van der Waals surface area contributed by atoms with Gasteiger partial charge in [-0.1, -0.05) is 60.7 Å². The predicted octanol–water partition coefficient (Wildman–Crippen LogP) is 3.19. The van der Waals surface area contributed by atoms with Gasteiger partial charge in [0.15, 0.2) is 6.29 Å². The highest BCUT2D eigenvalue weighted by molar-refractivity contribution is 5.77. The maximum absolute atomic E-state index is 12.6. The van der Waals surface area contributed by atoms with Crippen LogP contribution >= 0.6 is 0 Å². The van der Waals surface area contributed by atoms with Gasteiger partial charge in [-0.05, 0) is 31.9 Å². The molecule has 0 aliphatic carbocycles. The third kappa shape index (κ3) is 7.62. The molecule has 1 heterocycles. The molecule has 0 unspecified atom stereocenters. The van der Waals surface area contributed by atoms with Gasteiger partial charge in [0.05, 0.1) is 37.4 Å². The van der Waals surface area contributed by atoms with Gasteiger partial charge < -0.3 is 29.4 Å². The van der Waals surface area contributed by atoms with Gasteiger partial charge in [0.25, 0.3) is 0 Å². The summed E-state index contributed by atoms with van der Waals surface area (Å²) in [6, 6.07) is 19.2. The zero-order valence-electron chi connectivity index (χ0n) is 19.8. The molecule has 33 heavy (non-hydrogen) atoms. The van der Waals surface area contributed by atoms with Gasteiger partial charge in [-0.2, -0.15) is 0 Å². The van der Waals surface area contributed by atoms with Crippen LogP contribution in [0.4, 0.5) is 0 Å². The molecule has 0 spiro atoms. The third-order valence-electron chi connectivity index (χ3n) is 5.54. The van der Waals surface area contributed by atoms with Crippen molar-refractivity contribution in [1.29, 1.82) is 0 Å². The molecule has 1 fully saturated rings. The molecule has 1 amide bonds. The highest BCUT2D eigenvalue weighted by Gasteiger charge is 2.47. The minimum absolute atomic E-state index is 0.0345. The summed E-state index contributed by atoms with van der Waals surface area (Å²) in [5, 5.41) is 13.0. The molecule has 0 radical (unpaired) electrons. The SMILES string of the molecule is CO[C@H]1[C@@H](OCc2ccccc2)O[C@H](C)[C@@H](NC(=O)CC(C)(C)O)[C@@H]1OCc1ccccc1. The van der Waals surface area contributed by atoms with Crippen LogP contribution in [0.15, 0.2) is 60.7 Å². The second-order valence-electron chi connectivity index (χ2n) is 9.05. The predicted molar refractivity (Wildman–Crippen MR) is 124 cm³/mol. The second-order valence-corrected chi connectivity index (χ2v) is 9.05. The van der Waals surface area contributed by atoms with Crippen LogP contribution in [0.25, 0.3) is 0 Å². The van der Waals surface area contributed by atoms with E-state index in [1.54, 1.807) is 21.0 Å². The first-order valence-electron chi connectivity index (χ1n) is 11.3. The molecular weight excluding hydrogens is 422 g/mol. The molecule has 2 aromatic rings. The van der Waals surface area contributed by atoms with E-state index in [4.69, 9.17) is 18.9 Å². The summed E-state index contributed by atoms with van der Waals surface area (Å²) >= 11 is 0. The minimum atomic E-state index is -1.12. The van der Waals surface area contributed by atoms with E-state index in [9.17, 15) is 9.90 Å². The van der Waals surface area contributed by atoms with Gasteiger partial charge in [-0.15, -0.1) is 0 Å². The number of carbonyl (C=O) groups is 1. The molecule has 7 heteroatoms. The maximum Gasteiger partial charge on any atom is 0.223 e. The topological polar surface area (TPSA) is 86.2 Å². The standard InChI is InChI=1S/C26H35NO6/c1-18-22(27-21(28)15-26(2,3)29)23(31-16-19-11-7-5-8-12-19)24(30-4)25(33-18)32-17-20-13-9-6-10-14-20/h5-14,18,22-25,29H,15-17H2,1-4H3,(H,27,28)/t18-,22-,23+,24-,25+/m1/s1. The Balaban J connectivity index is 1.76. The van der Waals surface area contributed by atoms with Crippen molar-refractivity contribution in [3.8, 4) is 0 Å². The van der Waals surface area contributed by atoms with E-state index in [0.29, 0.717) is 13.2 Å². The van der Waals surface area contributed by atoms with Crippen LogP contribution in [0.5, 0.6) is 0 Å². The van der Waals surface area contributed by atoms with E-state index in [1.165, 1.54) is 0 Å². The largest absolute Gasteiger partial charge is 0.390 e. The first-order chi connectivity index (χ1) is 15.8. The van der Waals surface area contributed by atoms with E-state index in [1.807, 2.05) is 67.6 Å². The Morgan fingerprint density at radius 2 is 1.52 bits per heavy atom. The van der Waals surface area contributed by atoms with Gasteiger partial charge in [0.1, 0.15) is 12.2 Å². The highest BCUT2D eigenvalue weighted by atomic mass is 16.7. The molecule has 5 atom stereocenters. The van der Waals surface area contributed by atoms with Crippen molar-refractivity contribution in [3.05, 3.63) is 71.8 Å². The average molecular weight is 458 g/mol. The van der Waals surface area contributed by atoms with Gasteiger partial charge in [0.2, 0.25) is 5.91 Å². The number of carbonyl (C=O) groups excluding carboxylic acids is 1. The molecule has 1 aliphatic heterocycles. The molecule has 0 aromatic heterocycles. The molecule has 1 aliphatic rings. The Kier molecular flexibility index (Phi) is 9.00. The fraction of sp³-hybridized carbons (Fsp3) is 0.500. The van der Waals surface area contributed by atoms with Gasteiger partial charge in [-0.25, -0.2) is 0 Å². The Morgan fingerprint density at radius 3 is 2.03 bits per heavy atom. The fourth-order valence-electron chi connectivity index (χ4n) is 3.93. The van der Waals surface area contributed by atoms with Crippen LogP contribution < -0.4 is 5.32 Å². The Morgan fingerprint density at radius 1 is 0.970 bits per heavy atom. The molecule has 180 valence electrons. The maximum atomic E-state index is 12.6. The van der Waals surface area contributed by atoms with Crippen LogP contribution in [-0.2, 0) is 37.0 Å². The van der Waals surface area contributed by atoms with Crippen LogP contribution in [0, 0.1) is 0 Å². The summed E-state index contributed by atoms with van der Waals surface area (Å²) < 4.78 is 24.3. The summed E-state index contributed by atoms with van der Waals surface area (Å²) in [5.74, 6) is -0.283. The van der Waals surface area contributed by atoms with Gasteiger partial charge in [-0.3, -0.25) is 4.79 Å². The Bertz CT molecular complexity index is 854. The van der Waals surface area contributed by atoms with Crippen LogP contribution in [-0.4, -0.2) is 54.4 Å². The molecule has 2 aromatic carbocycles. The van der Waals surface area contributed by atoms with E-state index in [-0.39, 0.29) is 12.3 Å². The average Bonchev–Trinajstić information content (AvgIpc) is 2.78. The molecular formula is C26H35NO6. The quantitative estimate of drug-likeness (QED) is 0.570. The summed E-state index contributed by atoms with van der Waals surface area (Å²) in [6.45, 7) is 5.78. The summed E-state index contributed by atoms with van der Waals surface area (Å²) in [4.78, 5) is 12.6. The van der Waals surface area contributed by atoms with E-state index < -0.39 is 36.2 Å². The number of amides is 1. The fourth-order valence-corrected chi connectivity index (χ4v) is 3.93. The number of benzene rings is 2. The minimum Gasteiger partial charge on any atom is -0.390 e. The van der Waals surface area contributed by atoms with Crippen LogP contribution in [0.3, 0.4) is 0 Å². The number of rotatable bonds is 10. The van der Waals surface area contributed by atoms with Crippen molar-refractivity contribution in [2.45, 2.75) is 76.7 Å². The first kappa shape index (κ1) is 25.3. The van der Waals surface area contributed by atoms with E-state index >= 15 is 0 Å². The zero-order valence-corrected chi connectivity index (χ0v) is 19.8. The number of ether oxygens (including phenoxy) is 4. The zero-order chi connectivity index (χ0) is 23.8. The Labute approximate surface area is 196 Å². The monoisotopic (exact) mass is 457 g/mol. The summed E-state index contributed by atoms with van der Waals surface area (Å²) in [7, 11) is 1.58. The molecule has 0 bridgehead atoms. The molecule has 1 saturated heterocycles. The van der Waals surface area contributed by atoms with Crippen molar-refractivity contribution in [1.82, 2.24) is 5.32 Å². The number of hydrogen-bond donors (Lipinski definition) is 2. The van der Waals surface area contributed by atoms with Crippen molar-refractivity contribution in [3.63, 3.8) is 0 Å². The van der Waals surface area contributed by atoms with E-state index in [0.717, 1.165) is 11.1 Å². The van der Waals surface area contributed by atoms with Crippen molar-refractivity contribution < 1.29 is 28.8 Å². The lowest BCUT2D eigenvalue weighted by Crippen LogP contribution is -2.64. The van der Waals surface area contributed by atoms with E-state index in [2.05, 4.69) is 5.32 Å². The van der Waals surface area contributed by atoms with Crippen LogP contribution in [0.2, 0.25) is 0 Å². The lowest BCUT2D eigenvalue weighted by molar-refractivity contribution is -0.289. The van der Waals surface area contributed by atoms with Crippen molar-refractivity contribution in [2.75, 3.05) is 7.11 Å². The smallest absolute Gasteiger partial charge is 0.223 e. The summed E-state index contributed by atoms with van der Waals surface area (Å²) in [5.41, 5.74) is 0.909. The Hall–Kier alpha value is -2.29. The van der Waals surface area contributed by atoms with Crippen LogP contribution in [0.1, 0.15) is 38.3 Å². The number of methoxy groups -OCH3 is 1. The van der Waals surface area contributed by atoms with Crippen molar-refractivity contribution in [2.24, 2.45) is 0 Å². The van der Waals surface area contributed by atoms with Gasteiger partial charge >= 0.3 is 0 Å². The van der Waals surface area contributed by atoms with Crippen molar-refractivity contribution >= 4 is 5.91 Å². The van der Waals surface area contributed by atoms with Gasteiger partial charge in [0, 0.05) is 7.11 Å². The highest BCUT2D eigenvalue weighted by Crippen LogP contribution is 2.28. The number of nitrogens with one attached hydrogen (secondary N) is 1. The normalized spacial score (nSPS) is 25.5.